The molecule has 1 aliphatic rings. The molecule has 0 bridgehead atoms. The van der Waals surface area contributed by atoms with Crippen molar-refractivity contribution in [2.45, 2.75) is 13.3 Å². The Morgan fingerprint density at radius 2 is 1.54 bits per heavy atom. The normalized spacial score (nSPS) is 18.0. The first-order valence-electron chi connectivity index (χ1n) is 8.46. The summed E-state index contributed by atoms with van der Waals surface area (Å²) in [7, 11) is 3.10. The van der Waals surface area contributed by atoms with Gasteiger partial charge in [-0.2, -0.15) is 0 Å². The van der Waals surface area contributed by atoms with Crippen molar-refractivity contribution < 1.29 is 19.1 Å². The third-order valence-electron chi connectivity index (χ3n) is 4.50. The zero-order valence-electron chi connectivity index (χ0n) is 15.0. The molecule has 136 valence electrons. The van der Waals surface area contributed by atoms with Crippen molar-refractivity contribution in [3.8, 4) is 11.5 Å². The summed E-state index contributed by atoms with van der Waals surface area (Å²) in [4.78, 5) is 24.3. The fourth-order valence-corrected chi connectivity index (χ4v) is 2.74. The van der Waals surface area contributed by atoms with Gasteiger partial charge in [0.15, 0.2) is 11.5 Å². The number of carbonyl (C=O) groups excluding carboxylic acids is 2. The van der Waals surface area contributed by atoms with E-state index in [-0.39, 0.29) is 17.7 Å². The summed E-state index contributed by atoms with van der Waals surface area (Å²) in [5.74, 6) is 1.50. The molecule has 0 aliphatic heterocycles. The van der Waals surface area contributed by atoms with Gasteiger partial charge in [-0.15, -0.1) is 0 Å². The van der Waals surface area contributed by atoms with Gasteiger partial charge in [-0.05, 0) is 48.7 Å². The summed E-state index contributed by atoms with van der Waals surface area (Å²) in [5.41, 5.74) is 1.79. The van der Waals surface area contributed by atoms with Gasteiger partial charge >= 0.3 is 0 Å². The first kappa shape index (κ1) is 17.8. The summed E-state index contributed by atoms with van der Waals surface area (Å²) in [5, 5.41) is 5.69. The fraction of sp³-hybridized carbons (Fsp3) is 0.300. The van der Waals surface area contributed by atoms with E-state index in [9.17, 15) is 9.59 Å². The van der Waals surface area contributed by atoms with E-state index in [0.717, 1.165) is 6.42 Å². The van der Waals surface area contributed by atoms with Crippen LogP contribution in [-0.4, -0.2) is 26.0 Å². The predicted octanol–water partition coefficient (Wildman–Crippen LogP) is 3.55. The molecule has 0 saturated heterocycles. The van der Waals surface area contributed by atoms with Crippen LogP contribution in [0, 0.1) is 11.8 Å². The lowest BCUT2D eigenvalue weighted by Crippen LogP contribution is -2.15. The Hall–Kier alpha value is -3.02. The van der Waals surface area contributed by atoms with Gasteiger partial charge in [-0.1, -0.05) is 6.92 Å². The van der Waals surface area contributed by atoms with Crippen LogP contribution in [0.15, 0.2) is 42.5 Å². The number of nitrogens with one attached hydrogen (secondary N) is 2. The minimum absolute atomic E-state index is 0.0417. The van der Waals surface area contributed by atoms with Crippen molar-refractivity contribution in [3.63, 3.8) is 0 Å². The molecule has 0 aromatic heterocycles. The van der Waals surface area contributed by atoms with Crippen LogP contribution < -0.4 is 20.1 Å². The molecule has 2 aromatic rings. The van der Waals surface area contributed by atoms with Crippen LogP contribution in [-0.2, 0) is 4.79 Å². The number of anilines is 2. The Morgan fingerprint density at radius 3 is 2.12 bits per heavy atom. The highest BCUT2D eigenvalue weighted by molar-refractivity contribution is 6.05. The molecular weight excluding hydrogens is 332 g/mol. The topological polar surface area (TPSA) is 76.7 Å². The van der Waals surface area contributed by atoms with E-state index in [1.54, 1.807) is 56.7 Å². The van der Waals surface area contributed by atoms with Crippen LogP contribution in [0.5, 0.6) is 11.5 Å². The van der Waals surface area contributed by atoms with Gasteiger partial charge in [-0.3, -0.25) is 9.59 Å². The second-order valence-corrected chi connectivity index (χ2v) is 6.41. The summed E-state index contributed by atoms with van der Waals surface area (Å²) in [6.07, 6.45) is 0.942. The molecule has 0 radical (unpaired) electrons. The van der Waals surface area contributed by atoms with E-state index >= 15 is 0 Å². The van der Waals surface area contributed by atoms with Gasteiger partial charge in [0.2, 0.25) is 5.91 Å². The van der Waals surface area contributed by atoms with Crippen LogP contribution in [0.3, 0.4) is 0 Å². The van der Waals surface area contributed by atoms with E-state index in [4.69, 9.17) is 9.47 Å². The van der Waals surface area contributed by atoms with Crippen LogP contribution in [0.1, 0.15) is 23.7 Å². The second kappa shape index (κ2) is 7.47. The van der Waals surface area contributed by atoms with Crippen LogP contribution in [0.4, 0.5) is 11.4 Å². The van der Waals surface area contributed by atoms with Crippen molar-refractivity contribution in [2.24, 2.45) is 11.8 Å². The van der Waals surface area contributed by atoms with Gasteiger partial charge in [0, 0.05) is 28.9 Å². The standard InChI is InChI=1S/C20H22N2O4/c1-12-10-16(12)20(24)21-14-6-4-13(5-7-14)19(23)22-15-8-9-17(25-2)18(11-15)26-3/h4-9,11-12,16H,10H2,1-3H3,(H,21,24)(H,22,23). The molecular formula is C20H22N2O4. The minimum Gasteiger partial charge on any atom is -0.493 e. The van der Waals surface area contributed by atoms with Gasteiger partial charge in [0.25, 0.3) is 5.91 Å². The van der Waals surface area contributed by atoms with Crippen molar-refractivity contribution >= 4 is 23.2 Å². The molecule has 3 rings (SSSR count). The Morgan fingerprint density at radius 1 is 0.923 bits per heavy atom. The highest BCUT2D eigenvalue weighted by Gasteiger charge is 2.39. The molecule has 1 fully saturated rings. The Bertz CT molecular complexity index is 817. The first-order valence-corrected chi connectivity index (χ1v) is 8.46. The zero-order valence-corrected chi connectivity index (χ0v) is 15.0. The second-order valence-electron chi connectivity index (χ2n) is 6.41. The number of benzene rings is 2. The number of hydrogen-bond acceptors (Lipinski definition) is 4. The number of amides is 2. The molecule has 0 heterocycles. The van der Waals surface area contributed by atoms with Crippen LogP contribution in [0.25, 0.3) is 0 Å². The van der Waals surface area contributed by atoms with Crippen molar-refractivity contribution in [3.05, 3.63) is 48.0 Å². The summed E-state index contributed by atoms with van der Waals surface area (Å²) >= 11 is 0. The zero-order chi connectivity index (χ0) is 18.7. The maximum atomic E-state index is 12.4. The van der Waals surface area contributed by atoms with Gasteiger partial charge in [-0.25, -0.2) is 0 Å². The Kier molecular flexibility index (Phi) is 5.11. The molecule has 0 spiro atoms. The van der Waals surface area contributed by atoms with Gasteiger partial charge < -0.3 is 20.1 Å². The van der Waals surface area contributed by atoms with E-state index in [1.165, 1.54) is 0 Å². The van der Waals surface area contributed by atoms with Crippen LogP contribution in [0.2, 0.25) is 0 Å². The van der Waals surface area contributed by atoms with E-state index in [2.05, 4.69) is 17.6 Å². The van der Waals surface area contributed by atoms with Gasteiger partial charge in [0.05, 0.1) is 14.2 Å². The summed E-state index contributed by atoms with van der Waals surface area (Å²) < 4.78 is 10.4. The summed E-state index contributed by atoms with van der Waals surface area (Å²) in [6, 6.07) is 12.0. The highest BCUT2D eigenvalue weighted by Crippen LogP contribution is 2.38. The first-order chi connectivity index (χ1) is 12.5. The van der Waals surface area contributed by atoms with Crippen molar-refractivity contribution in [1.82, 2.24) is 0 Å². The van der Waals surface area contributed by atoms with Crippen molar-refractivity contribution in [2.75, 3.05) is 24.9 Å². The molecule has 1 aliphatic carbocycles. The van der Waals surface area contributed by atoms with E-state index in [0.29, 0.717) is 34.4 Å². The third kappa shape index (κ3) is 3.96. The van der Waals surface area contributed by atoms with Crippen molar-refractivity contribution in [1.29, 1.82) is 0 Å². The monoisotopic (exact) mass is 354 g/mol. The molecule has 2 N–H and O–H groups in total. The summed E-state index contributed by atoms with van der Waals surface area (Å²) in [6.45, 7) is 2.06. The highest BCUT2D eigenvalue weighted by atomic mass is 16.5. The largest absolute Gasteiger partial charge is 0.493 e. The maximum absolute atomic E-state index is 12.4. The predicted molar refractivity (Wildman–Crippen MR) is 99.8 cm³/mol. The average Bonchev–Trinajstić information content (AvgIpc) is 3.39. The Balaban J connectivity index is 1.63. The minimum atomic E-state index is -0.245. The lowest BCUT2D eigenvalue weighted by Gasteiger charge is -2.11. The molecule has 2 aromatic carbocycles. The third-order valence-corrected chi connectivity index (χ3v) is 4.50. The number of rotatable bonds is 6. The lowest BCUT2D eigenvalue weighted by atomic mass is 10.1. The smallest absolute Gasteiger partial charge is 0.255 e. The number of carbonyl (C=O) groups is 2. The SMILES string of the molecule is COc1ccc(NC(=O)c2ccc(NC(=O)C3CC3C)cc2)cc1OC. The van der Waals surface area contributed by atoms with E-state index in [1.807, 2.05) is 0 Å². The average molecular weight is 354 g/mol. The molecule has 2 amide bonds. The maximum Gasteiger partial charge on any atom is 0.255 e. The quantitative estimate of drug-likeness (QED) is 0.832. The molecule has 2 unspecified atom stereocenters. The molecule has 6 heteroatoms. The number of hydrogen-bond donors (Lipinski definition) is 2. The number of methoxy groups -OCH3 is 2. The van der Waals surface area contributed by atoms with Crippen LogP contribution >= 0.6 is 0 Å². The molecule has 26 heavy (non-hydrogen) atoms. The lowest BCUT2D eigenvalue weighted by molar-refractivity contribution is -0.117. The molecule has 2 atom stereocenters. The molecule has 1 saturated carbocycles. The fourth-order valence-electron chi connectivity index (χ4n) is 2.74. The number of ether oxygens (including phenoxy) is 2. The molecule has 6 nitrogen and oxygen atoms in total. The van der Waals surface area contributed by atoms with E-state index < -0.39 is 0 Å². The Labute approximate surface area is 152 Å². The van der Waals surface area contributed by atoms with Gasteiger partial charge in [0.1, 0.15) is 0 Å².